The highest BCUT2D eigenvalue weighted by Crippen LogP contribution is 2.31. The van der Waals surface area contributed by atoms with Gasteiger partial charge in [-0.3, -0.25) is 4.68 Å². The number of aryl methyl sites for hydroxylation is 2. The van der Waals surface area contributed by atoms with Crippen molar-refractivity contribution in [2.75, 3.05) is 13.7 Å². The summed E-state index contributed by atoms with van der Waals surface area (Å²) >= 11 is 0. The van der Waals surface area contributed by atoms with Gasteiger partial charge in [0.1, 0.15) is 17.1 Å². The topological polar surface area (TPSA) is 104 Å². The number of carbonyl (C=O) groups is 1. The molecule has 4 aromatic rings. The zero-order valence-electron chi connectivity index (χ0n) is 20.2. The highest BCUT2D eigenvalue weighted by Gasteiger charge is 2.21. The smallest absolute Gasteiger partial charge is 0.339 e. The van der Waals surface area contributed by atoms with Gasteiger partial charge in [0.2, 0.25) is 0 Å². The highest BCUT2D eigenvalue weighted by atomic mass is 16.5. The van der Waals surface area contributed by atoms with Crippen LogP contribution in [-0.2, 0) is 24.6 Å². The first-order chi connectivity index (χ1) is 17.0. The van der Waals surface area contributed by atoms with Crippen LogP contribution in [0.25, 0.3) is 22.3 Å². The third-order valence-electron chi connectivity index (χ3n) is 6.66. The minimum absolute atomic E-state index is 0.00242. The molecular formula is C26H29N5O4. The Balaban J connectivity index is 1.46. The lowest BCUT2D eigenvalue weighted by molar-refractivity contribution is -0.0366. The molecule has 0 radical (unpaired) electrons. The number of fused-ring (bicyclic) bond motifs is 1. The normalized spacial score (nSPS) is 16.0. The quantitative estimate of drug-likeness (QED) is 0.423. The number of aromatic carboxylic acids is 1. The van der Waals surface area contributed by atoms with Gasteiger partial charge in [-0.25, -0.2) is 14.5 Å². The van der Waals surface area contributed by atoms with E-state index in [1.807, 2.05) is 17.9 Å². The molecule has 0 saturated carbocycles. The molecule has 0 amide bonds. The van der Waals surface area contributed by atoms with E-state index in [9.17, 15) is 9.90 Å². The van der Waals surface area contributed by atoms with Gasteiger partial charge in [0.25, 0.3) is 0 Å². The first kappa shape index (κ1) is 23.0. The Morgan fingerprint density at radius 1 is 1.26 bits per heavy atom. The molecule has 0 spiro atoms. The number of aromatic nitrogens is 5. The van der Waals surface area contributed by atoms with Crippen LogP contribution in [0.15, 0.2) is 36.5 Å². The lowest BCUT2D eigenvalue weighted by Gasteiger charge is -2.23. The van der Waals surface area contributed by atoms with Gasteiger partial charge >= 0.3 is 5.97 Å². The number of carboxylic acids is 1. The predicted octanol–water partition coefficient (Wildman–Crippen LogP) is 4.39. The lowest BCUT2D eigenvalue weighted by atomic mass is 9.98. The molecule has 0 aliphatic carbocycles. The number of benzene rings is 2. The van der Waals surface area contributed by atoms with Crippen molar-refractivity contribution in [2.45, 2.75) is 45.3 Å². The summed E-state index contributed by atoms with van der Waals surface area (Å²) in [5.74, 6) is 0.586. The van der Waals surface area contributed by atoms with Gasteiger partial charge in [-0.05, 0) is 61.1 Å². The van der Waals surface area contributed by atoms with Crippen molar-refractivity contribution < 1.29 is 19.4 Å². The molecule has 1 fully saturated rings. The molecule has 3 heterocycles. The molecule has 5 rings (SSSR count). The molecule has 1 N–H and O–H groups in total. The standard InChI is InChI=1S/C26H29N5O4/c1-4-18-16(9-11-21-20(18)15-27-31(21)24-7-5-6-12-35-24)14-23-28-25(29-30(23)2)17-8-10-19(26(32)33)22(13-17)34-3/h8-11,13,15,24H,4-7,12,14H2,1-3H3,(H,32,33). The number of nitrogens with zero attached hydrogens (tertiary/aromatic N) is 5. The number of carboxylic acid groups (broad SMARTS) is 1. The lowest BCUT2D eigenvalue weighted by Crippen LogP contribution is -2.19. The van der Waals surface area contributed by atoms with Gasteiger partial charge in [0, 0.05) is 31.0 Å². The number of rotatable bonds is 7. The molecule has 1 unspecified atom stereocenters. The van der Waals surface area contributed by atoms with Crippen LogP contribution in [-0.4, -0.2) is 49.3 Å². The fourth-order valence-corrected chi connectivity index (χ4v) is 4.82. The van der Waals surface area contributed by atoms with Crippen molar-refractivity contribution in [1.29, 1.82) is 0 Å². The molecule has 0 bridgehead atoms. The van der Waals surface area contributed by atoms with E-state index in [1.165, 1.54) is 24.3 Å². The summed E-state index contributed by atoms with van der Waals surface area (Å²) in [4.78, 5) is 16.2. The van der Waals surface area contributed by atoms with Gasteiger partial charge < -0.3 is 14.6 Å². The van der Waals surface area contributed by atoms with Gasteiger partial charge in [0.05, 0.1) is 18.8 Å². The van der Waals surface area contributed by atoms with Crippen LogP contribution in [0.1, 0.15) is 59.7 Å². The van der Waals surface area contributed by atoms with E-state index in [0.717, 1.165) is 49.0 Å². The van der Waals surface area contributed by atoms with E-state index >= 15 is 0 Å². The number of hydrogen-bond donors (Lipinski definition) is 1. The average molecular weight is 476 g/mol. The first-order valence-electron chi connectivity index (χ1n) is 11.9. The maximum absolute atomic E-state index is 11.4. The third-order valence-corrected chi connectivity index (χ3v) is 6.66. The fourth-order valence-electron chi connectivity index (χ4n) is 4.82. The van der Waals surface area contributed by atoms with E-state index in [0.29, 0.717) is 17.8 Å². The summed E-state index contributed by atoms with van der Waals surface area (Å²) in [5.41, 5.74) is 4.34. The number of ether oxygens (including phenoxy) is 2. The van der Waals surface area contributed by atoms with E-state index in [2.05, 4.69) is 29.3 Å². The number of hydrogen-bond acceptors (Lipinski definition) is 6. The molecule has 1 saturated heterocycles. The molecule has 1 aliphatic rings. The Morgan fingerprint density at radius 2 is 2.11 bits per heavy atom. The van der Waals surface area contributed by atoms with E-state index in [-0.39, 0.29) is 17.5 Å². The summed E-state index contributed by atoms with van der Waals surface area (Å²) in [6.45, 7) is 2.94. The molecule has 35 heavy (non-hydrogen) atoms. The molecule has 1 aliphatic heterocycles. The predicted molar refractivity (Wildman–Crippen MR) is 131 cm³/mol. The van der Waals surface area contributed by atoms with E-state index in [1.54, 1.807) is 16.8 Å². The molecule has 2 aromatic heterocycles. The van der Waals surface area contributed by atoms with Gasteiger partial charge in [-0.2, -0.15) is 10.2 Å². The van der Waals surface area contributed by atoms with Crippen molar-refractivity contribution in [3.05, 3.63) is 59.0 Å². The van der Waals surface area contributed by atoms with Gasteiger partial charge in [-0.15, -0.1) is 0 Å². The zero-order valence-corrected chi connectivity index (χ0v) is 20.2. The SMILES string of the molecule is CCc1c(Cc2nc(-c3ccc(C(=O)O)c(OC)c3)nn2C)ccc2c1cnn2C1CCCCO1. The summed E-state index contributed by atoms with van der Waals surface area (Å²) in [6.07, 6.45) is 6.71. The minimum Gasteiger partial charge on any atom is -0.496 e. The molecule has 182 valence electrons. The van der Waals surface area contributed by atoms with Crippen LogP contribution in [0.5, 0.6) is 5.75 Å². The number of methoxy groups -OCH3 is 1. The van der Waals surface area contributed by atoms with Crippen LogP contribution < -0.4 is 4.74 Å². The van der Waals surface area contributed by atoms with Gasteiger partial charge in [0.15, 0.2) is 12.1 Å². The molecule has 2 aromatic carbocycles. The Labute approximate surface area is 203 Å². The molecule has 1 atom stereocenters. The van der Waals surface area contributed by atoms with E-state index in [4.69, 9.17) is 14.5 Å². The molecular weight excluding hydrogens is 446 g/mol. The van der Waals surface area contributed by atoms with Crippen LogP contribution >= 0.6 is 0 Å². The first-order valence-corrected chi connectivity index (χ1v) is 11.9. The van der Waals surface area contributed by atoms with Crippen LogP contribution in [0, 0.1) is 0 Å². The Bertz CT molecular complexity index is 1380. The summed E-state index contributed by atoms with van der Waals surface area (Å²) in [7, 11) is 3.32. The van der Waals surface area contributed by atoms with Crippen LogP contribution in [0.3, 0.4) is 0 Å². The monoisotopic (exact) mass is 475 g/mol. The Kier molecular flexibility index (Phi) is 6.25. The minimum atomic E-state index is -1.04. The second-order valence-electron chi connectivity index (χ2n) is 8.77. The maximum atomic E-state index is 11.4. The van der Waals surface area contributed by atoms with Crippen molar-refractivity contribution in [2.24, 2.45) is 7.05 Å². The van der Waals surface area contributed by atoms with Gasteiger partial charge in [-0.1, -0.05) is 13.0 Å². The summed E-state index contributed by atoms with van der Waals surface area (Å²) < 4.78 is 15.0. The zero-order chi connectivity index (χ0) is 24.5. The van der Waals surface area contributed by atoms with Crippen molar-refractivity contribution in [3.63, 3.8) is 0 Å². The van der Waals surface area contributed by atoms with Crippen molar-refractivity contribution >= 4 is 16.9 Å². The highest BCUT2D eigenvalue weighted by molar-refractivity contribution is 5.91. The van der Waals surface area contributed by atoms with Crippen LogP contribution in [0.4, 0.5) is 0 Å². The maximum Gasteiger partial charge on any atom is 0.339 e. The second kappa shape index (κ2) is 9.50. The molecule has 9 nitrogen and oxygen atoms in total. The van der Waals surface area contributed by atoms with Crippen molar-refractivity contribution in [3.8, 4) is 17.1 Å². The second-order valence-corrected chi connectivity index (χ2v) is 8.77. The van der Waals surface area contributed by atoms with Crippen LogP contribution in [0.2, 0.25) is 0 Å². The summed E-state index contributed by atoms with van der Waals surface area (Å²) in [6, 6.07) is 9.16. The fraction of sp³-hybridized carbons (Fsp3) is 0.385. The Hall–Kier alpha value is -3.72. The molecule has 9 heteroatoms. The van der Waals surface area contributed by atoms with Crippen molar-refractivity contribution in [1.82, 2.24) is 24.5 Å². The summed E-state index contributed by atoms with van der Waals surface area (Å²) in [5, 5.41) is 19.7. The third kappa shape index (κ3) is 4.27. The average Bonchev–Trinajstić information content (AvgIpc) is 3.47. The largest absolute Gasteiger partial charge is 0.496 e. The van der Waals surface area contributed by atoms with E-state index < -0.39 is 5.97 Å². The Morgan fingerprint density at radius 3 is 2.83 bits per heavy atom.